The Balaban J connectivity index is 1.92. The molecule has 98 valence electrons. The number of nitrogens with two attached hydrogens (primary N) is 1. The zero-order chi connectivity index (χ0) is 13.7. The molecule has 2 nitrogen and oxygen atoms in total. The summed E-state index contributed by atoms with van der Waals surface area (Å²) in [7, 11) is 0. The van der Waals surface area contributed by atoms with Gasteiger partial charge in [0.15, 0.2) is 0 Å². The third-order valence-corrected chi connectivity index (χ3v) is 3.02. The van der Waals surface area contributed by atoms with E-state index >= 15 is 0 Å². The van der Waals surface area contributed by atoms with Crippen LogP contribution >= 0.6 is 23.8 Å². The molecule has 0 atom stereocenters. The highest BCUT2D eigenvalue weighted by Crippen LogP contribution is 2.16. The van der Waals surface area contributed by atoms with Crippen LogP contribution in [0.3, 0.4) is 0 Å². The standard InChI is InChI=1S/C15H14ClNOS/c16-13-5-1-12(2-6-13)10-18-14-7-3-11(4-8-14)9-15(17)19/h1-8H,9-10H2,(H2,17,19). The van der Waals surface area contributed by atoms with Gasteiger partial charge in [-0.2, -0.15) is 0 Å². The average molecular weight is 292 g/mol. The zero-order valence-corrected chi connectivity index (χ0v) is 11.9. The van der Waals surface area contributed by atoms with Crippen LogP contribution in [0.4, 0.5) is 0 Å². The molecule has 0 radical (unpaired) electrons. The Labute approximate surface area is 123 Å². The largest absolute Gasteiger partial charge is 0.489 e. The van der Waals surface area contributed by atoms with Crippen LogP contribution in [0.2, 0.25) is 5.02 Å². The van der Waals surface area contributed by atoms with E-state index in [1.807, 2.05) is 48.5 Å². The van der Waals surface area contributed by atoms with E-state index in [0.29, 0.717) is 18.0 Å². The van der Waals surface area contributed by atoms with Gasteiger partial charge in [0.2, 0.25) is 0 Å². The smallest absolute Gasteiger partial charge is 0.119 e. The van der Waals surface area contributed by atoms with Crippen molar-refractivity contribution in [3.05, 3.63) is 64.7 Å². The Morgan fingerprint density at radius 1 is 1.00 bits per heavy atom. The SMILES string of the molecule is NC(=S)Cc1ccc(OCc2ccc(Cl)cc2)cc1. The second kappa shape index (κ2) is 6.55. The Morgan fingerprint density at radius 3 is 2.16 bits per heavy atom. The number of benzene rings is 2. The molecule has 0 aliphatic carbocycles. The maximum Gasteiger partial charge on any atom is 0.119 e. The van der Waals surface area contributed by atoms with Crippen LogP contribution in [-0.2, 0) is 13.0 Å². The molecule has 0 heterocycles. The molecule has 0 amide bonds. The molecule has 0 spiro atoms. The number of rotatable bonds is 5. The Bertz CT molecular complexity index is 551. The first-order valence-corrected chi connectivity index (χ1v) is 6.66. The van der Waals surface area contributed by atoms with Gasteiger partial charge in [-0.05, 0) is 35.4 Å². The van der Waals surface area contributed by atoms with Crippen molar-refractivity contribution >= 4 is 28.8 Å². The first kappa shape index (κ1) is 13.8. The first-order chi connectivity index (χ1) is 9.13. The number of thiocarbonyl (C=S) groups is 1. The lowest BCUT2D eigenvalue weighted by Gasteiger charge is -2.07. The van der Waals surface area contributed by atoms with E-state index in [1.54, 1.807) is 0 Å². The van der Waals surface area contributed by atoms with Crippen LogP contribution in [0.1, 0.15) is 11.1 Å². The van der Waals surface area contributed by atoms with Gasteiger partial charge in [-0.1, -0.05) is 48.1 Å². The van der Waals surface area contributed by atoms with Gasteiger partial charge in [-0.15, -0.1) is 0 Å². The molecule has 0 unspecified atom stereocenters. The summed E-state index contributed by atoms with van der Waals surface area (Å²) in [4.78, 5) is 0.495. The molecule has 2 aromatic carbocycles. The first-order valence-electron chi connectivity index (χ1n) is 5.88. The second-order valence-corrected chi connectivity index (χ2v) is 5.16. The lowest BCUT2D eigenvalue weighted by Crippen LogP contribution is -2.10. The molecule has 2 rings (SSSR count). The minimum atomic E-state index is 0.495. The molecule has 0 aliphatic heterocycles. The highest BCUT2D eigenvalue weighted by molar-refractivity contribution is 7.80. The van der Waals surface area contributed by atoms with Gasteiger partial charge in [0, 0.05) is 11.4 Å². The number of halogens is 1. The summed E-state index contributed by atoms with van der Waals surface area (Å²) in [5, 5.41) is 0.728. The summed E-state index contributed by atoms with van der Waals surface area (Å²) in [6.45, 7) is 0.520. The van der Waals surface area contributed by atoms with E-state index < -0.39 is 0 Å². The summed E-state index contributed by atoms with van der Waals surface area (Å²) >= 11 is 10.7. The van der Waals surface area contributed by atoms with Gasteiger partial charge >= 0.3 is 0 Å². The number of hydrogen-bond donors (Lipinski definition) is 1. The van der Waals surface area contributed by atoms with E-state index in [9.17, 15) is 0 Å². The Hall–Kier alpha value is -1.58. The molecule has 0 aliphatic rings. The fourth-order valence-electron chi connectivity index (χ4n) is 1.65. The lowest BCUT2D eigenvalue weighted by atomic mass is 10.1. The van der Waals surface area contributed by atoms with Crippen molar-refractivity contribution in [3.8, 4) is 5.75 Å². The van der Waals surface area contributed by atoms with Crippen LogP contribution in [0.5, 0.6) is 5.75 Å². The predicted molar refractivity (Wildman–Crippen MR) is 82.7 cm³/mol. The third kappa shape index (κ3) is 4.54. The van der Waals surface area contributed by atoms with Crippen molar-refractivity contribution in [2.24, 2.45) is 5.73 Å². The van der Waals surface area contributed by atoms with E-state index in [-0.39, 0.29) is 0 Å². The molecule has 0 bridgehead atoms. The van der Waals surface area contributed by atoms with Gasteiger partial charge in [0.25, 0.3) is 0 Å². The minimum Gasteiger partial charge on any atom is -0.489 e. The highest BCUT2D eigenvalue weighted by atomic mass is 35.5. The second-order valence-electron chi connectivity index (χ2n) is 4.20. The molecule has 0 saturated heterocycles. The van der Waals surface area contributed by atoms with Crippen molar-refractivity contribution in [3.63, 3.8) is 0 Å². The molecular formula is C15H14ClNOS. The molecular weight excluding hydrogens is 278 g/mol. The average Bonchev–Trinajstić information content (AvgIpc) is 2.39. The van der Waals surface area contributed by atoms with E-state index in [0.717, 1.165) is 21.9 Å². The van der Waals surface area contributed by atoms with Crippen LogP contribution in [0, 0.1) is 0 Å². The number of ether oxygens (including phenoxy) is 1. The maximum atomic E-state index is 5.83. The molecule has 19 heavy (non-hydrogen) atoms. The number of hydrogen-bond acceptors (Lipinski definition) is 2. The molecule has 0 aromatic heterocycles. The normalized spacial score (nSPS) is 10.2. The van der Waals surface area contributed by atoms with Crippen LogP contribution in [0.25, 0.3) is 0 Å². The fourth-order valence-corrected chi connectivity index (χ4v) is 1.94. The molecule has 2 aromatic rings. The monoisotopic (exact) mass is 291 g/mol. The van der Waals surface area contributed by atoms with Crippen molar-refractivity contribution in [1.29, 1.82) is 0 Å². The van der Waals surface area contributed by atoms with Crippen molar-refractivity contribution in [2.45, 2.75) is 13.0 Å². The summed E-state index contributed by atoms with van der Waals surface area (Å²) in [6.07, 6.45) is 0.618. The van der Waals surface area contributed by atoms with Gasteiger partial charge < -0.3 is 10.5 Å². The van der Waals surface area contributed by atoms with Crippen molar-refractivity contribution in [2.75, 3.05) is 0 Å². The van der Waals surface area contributed by atoms with Gasteiger partial charge in [-0.3, -0.25) is 0 Å². The van der Waals surface area contributed by atoms with Gasteiger partial charge in [-0.25, -0.2) is 0 Å². The van der Waals surface area contributed by atoms with Crippen LogP contribution in [-0.4, -0.2) is 4.99 Å². The van der Waals surface area contributed by atoms with E-state index in [1.165, 1.54) is 0 Å². The third-order valence-electron chi connectivity index (χ3n) is 2.62. The van der Waals surface area contributed by atoms with Gasteiger partial charge in [0.1, 0.15) is 12.4 Å². The summed E-state index contributed by atoms with van der Waals surface area (Å²) in [6, 6.07) is 15.4. The fraction of sp³-hybridized carbons (Fsp3) is 0.133. The molecule has 0 fully saturated rings. The molecule has 4 heteroatoms. The van der Waals surface area contributed by atoms with Crippen molar-refractivity contribution in [1.82, 2.24) is 0 Å². The highest BCUT2D eigenvalue weighted by Gasteiger charge is 1.98. The Morgan fingerprint density at radius 2 is 1.58 bits per heavy atom. The topological polar surface area (TPSA) is 35.2 Å². The lowest BCUT2D eigenvalue weighted by molar-refractivity contribution is 0.306. The zero-order valence-electron chi connectivity index (χ0n) is 10.3. The summed E-state index contributed by atoms with van der Waals surface area (Å²) in [5.41, 5.74) is 7.67. The Kier molecular flexibility index (Phi) is 4.77. The maximum absolute atomic E-state index is 5.83. The minimum absolute atomic E-state index is 0.495. The van der Waals surface area contributed by atoms with E-state index in [4.69, 9.17) is 34.3 Å². The van der Waals surface area contributed by atoms with Crippen LogP contribution in [0.15, 0.2) is 48.5 Å². The molecule has 0 saturated carbocycles. The predicted octanol–water partition coefficient (Wildman–Crippen LogP) is 3.75. The summed E-state index contributed by atoms with van der Waals surface area (Å²) in [5.74, 6) is 0.821. The van der Waals surface area contributed by atoms with Crippen molar-refractivity contribution < 1.29 is 4.74 Å². The van der Waals surface area contributed by atoms with Gasteiger partial charge in [0.05, 0.1) is 4.99 Å². The van der Waals surface area contributed by atoms with Crippen LogP contribution < -0.4 is 10.5 Å². The quantitative estimate of drug-likeness (QED) is 0.852. The summed E-state index contributed by atoms with van der Waals surface area (Å²) < 4.78 is 5.68. The van der Waals surface area contributed by atoms with E-state index in [2.05, 4.69) is 0 Å². The molecule has 2 N–H and O–H groups in total.